The molecule has 0 bridgehead atoms. The number of halogens is 3. The highest BCUT2D eigenvalue weighted by Crippen LogP contribution is 2.36. The molecular weight excluding hydrogens is 251 g/mol. The lowest BCUT2D eigenvalue weighted by atomic mass is 9.84. The number of hydrogen-bond acceptors (Lipinski definition) is 1. The molecule has 1 fully saturated rings. The molecule has 1 atom stereocenters. The van der Waals surface area contributed by atoms with E-state index in [2.05, 4.69) is 12.2 Å². The van der Waals surface area contributed by atoms with Gasteiger partial charge in [-0.25, -0.2) is 0 Å². The van der Waals surface area contributed by atoms with E-state index in [1.165, 1.54) is 12.1 Å². The van der Waals surface area contributed by atoms with Crippen LogP contribution in [0.3, 0.4) is 0 Å². The van der Waals surface area contributed by atoms with Crippen LogP contribution in [0, 0.1) is 0 Å². The molecule has 106 valence electrons. The van der Waals surface area contributed by atoms with E-state index >= 15 is 0 Å². The molecule has 1 nitrogen and oxygen atoms in total. The number of nitrogens with one attached hydrogen (secondary N) is 1. The first-order valence-corrected chi connectivity index (χ1v) is 6.87. The summed E-state index contributed by atoms with van der Waals surface area (Å²) < 4.78 is 39.0. The largest absolute Gasteiger partial charge is 0.416 e. The van der Waals surface area contributed by atoms with Crippen molar-refractivity contribution in [2.45, 2.75) is 50.7 Å². The highest BCUT2D eigenvalue weighted by molar-refractivity contribution is 5.31. The molecule has 0 spiro atoms. The fourth-order valence-electron chi connectivity index (χ4n) is 3.12. The summed E-state index contributed by atoms with van der Waals surface area (Å²) in [4.78, 5) is 0. The summed E-state index contributed by atoms with van der Waals surface area (Å²) in [6.07, 6.45) is 0.140. The lowest BCUT2D eigenvalue weighted by Crippen LogP contribution is -2.42. The second kappa shape index (κ2) is 5.53. The Labute approximate surface area is 112 Å². The van der Waals surface area contributed by atoms with E-state index in [1.54, 1.807) is 12.1 Å². The zero-order valence-corrected chi connectivity index (χ0v) is 11.2. The highest BCUT2D eigenvalue weighted by atomic mass is 19.4. The fraction of sp³-hybridized carbons (Fsp3) is 0.600. The van der Waals surface area contributed by atoms with Gasteiger partial charge in [0.1, 0.15) is 0 Å². The zero-order valence-electron chi connectivity index (χ0n) is 11.2. The second-order valence-corrected chi connectivity index (χ2v) is 5.39. The van der Waals surface area contributed by atoms with E-state index in [4.69, 9.17) is 0 Å². The Hall–Kier alpha value is -1.03. The van der Waals surface area contributed by atoms with Crippen LogP contribution in [0.25, 0.3) is 0 Å². The van der Waals surface area contributed by atoms with Gasteiger partial charge < -0.3 is 5.32 Å². The smallest absolute Gasteiger partial charge is 0.311 e. The molecule has 1 aliphatic rings. The fourth-order valence-corrected chi connectivity index (χ4v) is 3.12. The third-order valence-corrected chi connectivity index (χ3v) is 3.91. The van der Waals surface area contributed by atoms with Gasteiger partial charge in [-0.05, 0) is 43.9 Å². The van der Waals surface area contributed by atoms with Crippen LogP contribution < -0.4 is 5.32 Å². The van der Waals surface area contributed by atoms with Crippen LogP contribution in [0.1, 0.15) is 43.7 Å². The van der Waals surface area contributed by atoms with Gasteiger partial charge in [0, 0.05) is 5.54 Å². The van der Waals surface area contributed by atoms with Gasteiger partial charge in [-0.3, -0.25) is 0 Å². The lowest BCUT2D eigenvalue weighted by Gasteiger charge is -2.30. The van der Waals surface area contributed by atoms with E-state index in [1.807, 2.05) is 0 Å². The predicted octanol–water partition coefficient (Wildman–Crippen LogP) is 4.17. The number of hydrogen-bond donors (Lipinski definition) is 1. The van der Waals surface area contributed by atoms with E-state index in [9.17, 15) is 13.2 Å². The van der Waals surface area contributed by atoms with Gasteiger partial charge in [0.2, 0.25) is 0 Å². The van der Waals surface area contributed by atoms with E-state index in [0.29, 0.717) is 12.0 Å². The van der Waals surface area contributed by atoms with Gasteiger partial charge in [-0.1, -0.05) is 31.5 Å². The van der Waals surface area contributed by atoms with Crippen molar-refractivity contribution in [3.05, 3.63) is 35.4 Å². The van der Waals surface area contributed by atoms with Crippen molar-refractivity contribution in [2.75, 3.05) is 6.54 Å². The predicted molar refractivity (Wildman–Crippen MR) is 70.0 cm³/mol. The third-order valence-electron chi connectivity index (χ3n) is 3.91. The minimum Gasteiger partial charge on any atom is -0.311 e. The third kappa shape index (κ3) is 3.30. The number of benzene rings is 1. The molecule has 4 heteroatoms. The minimum absolute atomic E-state index is 0.143. The molecule has 0 saturated carbocycles. The van der Waals surface area contributed by atoms with Crippen molar-refractivity contribution in [1.82, 2.24) is 5.32 Å². The molecule has 1 aromatic carbocycles. The van der Waals surface area contributed by atoms with Crippen LogP contribution in [0.5, 0.6) is 0 Å². The van der Waals surface area contributed by atoms with Crippen molar-refractivity contribution < 1.29 is 13.2 Å². The quantitative estimate of drug-likeness (QED) is 0.866. The maximum atomic E-state index is 13.0. The zero-order chi connectivity index (χ0) is 13.9. The summed E-state index contributed by atoms with van der Waals surface area (Å²) in [5.41, 5.74) is -0.215. The standard InChI is InChI=1S/C15H20F3N/c1-2-8-14(9-5-10-19-14)11-12-6-3-4-7-13(12)15(16,17)18/h3-4,6-7,19H,2,5,8-11H2,1H3. The Bertz CT molecular complexity index is 420. The summed E-state index contributed by atoms with van der Waals surface area (Å²) in [5.74, 6) is 0. The van der Waals surface area contributed by atoms with E-state index in [0.717, 1.165) is 32.2 Å². The van der Waals surface area contributed by atoms with E-state index in [-0.39, 0.29) is 5.54 Å². The molecule has 1 unspecified atom stereocenters. The normalized spacial score (nSPS) is 23.8. The molecule has 1 aromatic rings. The van der Waals surface area contributed by atoms with Crippen LogP contribution in [-0.4, -0.2) is 12.1 Å². The minimum atomic E-state index is -4.26. The van der Waals surface area contributed by atoms with Crippen LogP contribution >= 0.6 is 0 Å². The molecule has 0 aromatic heterocycles. The average molecular weight is 271 g/mol. The molecule has 0 amide bonds. The Kier molecular flexibility index (Phi) is 4.19. The Balaban J connectivity index is 2.27. The molecule has 1 saturated heterocycles. The highest BCUT2D eigenvalue weighted by Gasteiger charge is 2.37. The van der Waals surface area contributed by atoms with Crippen LogP contribution in [0.4, 0.5) is 13.2 Å². The maximum Gasteiger partial charge on any atom is 0.416 e. The first-order chi connectivity index (χ1) is 8.97. The van der Waals surface area contributed by atoms with Gasteiger partial charge in [0.15, 0.2) is 0 Å². The van der Waals surface area contributed by atoms with Gasteiger partial charge in [-0.2, -0.15) is 13.2 Å². The first-order valence-electron chi connectivity index (χ1n) is 6.87. The molecule has 2 rings (SSSR count). The maximum absolute atomic E-state index is 13.0. The van der Waals surface area contributed by atoms with Crippen molar-refractivity contribution >= 4 is 0 Å². The average Bonchev–Trinajstić information content (AvgIpc) is 2.77. The monoisotopic (exact) mass is 271 g/mol. The Morgan fingerprint density at radius 2 is 2.00 bits per heavy atom. The van der Waals surface area contributed by atoms with Crippen molar-refractivity contribution in [1.29, 1.82) is 0 Å². The van der Waals surface area contributed by atoms with Crippen LogP contribution in [0.15, 0.2) is 24.3 Å². The van der Waals surface area contributed by atoms with E-state index < -0.39 is 11.7 Å². The first kappa shape index (κ1) is 14.4. The SMILES string of the molecule is CCCC1(Cc2ccccc2C(F)(F)F)CCCN1. The summed E-state index contributed by atoms with van der Waals surface area (Å²) in [5, 5.41) is 3.43. The van der Waals surface area contributed by atoms with Crippen molar-refractivity contribution in [2.24, 2.45) is 0 Å². The van der Waals surface area contributed by atoms with Crippen LogP contribution in [-0.2, 0) is 12.6 Å². The van der Waals surface area contributed by atoms with Crippen LogP contribution in [0.2, 0.25) is 0 Å². The topological polar surface area (TPSA) is 12.0 Å². The molecular formula is C15H20F3N. The molecule has 0 radical (unpaired) electrons. The Morgan fingerprint density at radius 1 is 1.26 bits per heavy atom. The van der Waals surface area contributed by atoms with Gasteiger partial charge >= 0.3 is 6.18 Å². The molecule has 0 aliphatic carbocycles. The second-order valence-electron chi connectivity index (χ2n) is 5.39. The van der Waals surface area contributed by atoms with Gasteiger partial charge in [-0.15, -0.1) is 0 Å². The molecule has 1 aliphatic heterocycles. The molecule has 19 heavy (non-hydrogen) atoms. The molecule has 1 heterocycles. The van der Waals surface area contributed by atoms with Gasteiger partial charge in [0.25, 0.3) is 0 Å². The Morgan fingerprint density at radius 3 is 2.58 bits per heavy atom. The lowest BCUT2D eigenvalue weighted by molar-refractivity contribution is -0.138. The molecule has 1 N–H and O–H groups in total. The summed E-state index contributed by atoms with van der Waals surface area (Å²) in [6.45, 7) is 2.99. The number of alkyl halides is 3. The summed E-state index contributed by atoms with van der Waals surface area (Å²) >= 11 is 0. The summed E-state index contributed by atoms with van der Waals surface area (Å²) in [7, 11) is 0. The van der Waals surface area contributed by atoms with Gasteiger partial charge in [0.05, 0.1) is 5.56 Å². The van der Waals surface area contributed by atoms with Crippen molar-refractivity contribution in [3.63, 3.8) is 0 Å². The van der Waals surface area contributed by atoms with Crippen molar-refractivity contribution in [3.8, 4) is 0 Å². The summed E-state index contributed by atoms with van der Waals surface area (Å²) in [6, 6.07) is 5.95. The number of rotatable bonds is 4.